The topological polar surface area (TPSA) is 0 Å². The Morgan fingerprint density at radius 2 is 1.94 bits per heavy atom. The second kappa shape index (κ2) is 6.08. The SMILES string of the molecule is C=C(C)C1=C(C(C)CC)CC(C)(CC(C)C)CC1. The van der Waals surface area contributed by atoms with E-state index in [1.807, 2.05) is 0 Å². The lowest BCUT2D eigenvalue weighted by Crippen LogP contribution is -2.26. The molecule has 0 aromatic carbocycles. The molecule has 0 fully saturated rings. The molecule has 0 saturated carbocycles. The second-order valence-corrected chi connectivity index (χ2v) is 7.18. The summed E-state index contributed by atoms with van der Waals surface area (Å²) in [4.78, 5) is 0. The average molecular weight is 248 g/mol. The summed E-state index contributed by atoms with van der Waals surface area (Å²) in [6, 6.07) is 0. The molecule has 0 saturated heterocycles. The van der Waals surface area contributed by atoms with Crippen LogP contribution in [-0.4, -0.2) is 0 Å². The monoisotopic (exact) mass is 248 g/mol. The Morgan fingerprint density at radius 1 is 1.33 bits per heavy atom. The molecular formula is C18H32. The number of allylic oxidation sites excluding steroid dienone is 3. The number of hydrogen-bond acceptors (Lipinski definition) is 0. The molecule has 0 heterocycles. The van der Waals surface area contributed by atoms with Crippen molar-refractivity contribution in [2.24, 2.45) is 17.3 Å². The third-order valence-corrected chi connectivity index (χ3v) is 4.61. The first-order valence-corrected chi connectivity index (χ1v) is 7.67. The molecule has 0 heteroatoms. The normalized spacial score (nSPS) is 26.6. The van der Waals surface area contributed by atoms with Gasteiger partial charge in [0.05, 0.1) is 0 Å². The average Bonchev–Trinajstić information content (AvgIpc) is 2.25. The van der Waals surface area contributed by atoms with E-state index in [-0.39, 0.29) is 0 Å². The fourth-order valence-corrected chi connectivity index (χ4v) is 3.61. The van der Waals surface area contributed by atoms with Crippen LogP contribution in [0.5, 0.6) is 0 Å². The summed E-state index contributed by atoms with van der Waals surface area (Å²) in [6.07, 6.45) is 6.49. The Hall–Kier alpha value is -0.520. The van der Waals surface area contributed by atoms with Gasteiger partial charge in [-0.2, -0.15) is 0 Å². The van der Waals surface area contributed by atoms with Gasteiger partial charge in [-0.25, -0.2) is 0 Å². The molecule has 2 atom stereocenters. The van der Waals surface area contributed by atoms with E-state index >= 15 is 0 Å². The molecule has 0 radical (unpaired) electrons. The van der Waals surface area contributed by atoms with Gasteiger partial charge in [0.1, 0.15) is 0 Å². The predicted molar refractivity (Wildman–Crippen MR) is 82.7 cm³/mol. The maximum absolute atomic E-state index is 4.20. The van der Waals surface area contributed by atoms with Crippen LogP contribution in [-0.2, 0) is 0 Å². The van der Waals surface area contributed by atoms with E-state index in [4.69, 9.17) is 0 Å². The van der Waals surface area contributed by atoms with E-state index in [9.17, 15) is 0 Å². The van der Waals surface area contributed by atoms with Crippen molar-refractivity contribution in [3.63, 3.8) is 0 Å². The quantitative estimate of drug-likeness (QED) is 0.548. The molecule has 1 aliphatic rings. The van der Waals surface area contributed by atoms with Gasteiger partial charge < -0.3 is 0 Å². The van der Waals surface area contributed by atoms with Crippen molar-refractivity contribution in [2.45, 2.75) is 73.6 Å². The summed E-state index contributed by atoms with van der Waals surface area (Å²) in [7, 11) is 0. The standard InChI is InChI=1S/C18H32/c1-8-15(6)17-12-18(7,11-13(2)3)10-9-16(17)14(4)5/h13,15H,4,8-12H2,1-3,5-7H3. The van der Waals surface area contributed by atoms with Crippen LogP contribution in [0.1, 0.15) is 73.6 Å². The Morgan fingerprint density at radius 3 is 2.39 bits per heavy atom. The number of hydrogen-bond donors (Lipinski definition) is 0. The smallest absolute Gasteiger partial charge is 0.0228 e. The van der Waals surface area contributed by atoms with Crippen molar-refractivity contribution in [1.29, 1.82) is 0 Å². The Labute approximate surface area is 115 Å². The molecule has 0 spiro atoms. The third kappa shape index (κ3) is 3.73. The molecule has 0 aromatic heterocycles. The fourth-order valence-electron chi connectivity index (χ4n) is 3.61. The van der Waals surface area contributed by atoms with Crippen LogP contribution in [0.25, 0.3) is 0 Å². The van der Waals surface area contributed by atoms with Gasteiger partial charge in [0, 0.05) is 0 Å². The Bertz CT molecular complexity index is 332. The highest BCUT2D eigenvalue weighted by Gasteiger charge is 2.33. The summed E-state index contributed by atoms with van der Waals surface area (Å²) in [5.41, 5.74) is 5.12. The molecule has 2 unspecified atom stereocenters. The zero-order valence-electron chi connectivity index (χ0n) is 13.4. The van der Waals surface area contributed by atoms with Gasteiger partial charge in [-0.1, -0.05) is 52.3 Å². The zero-order chi connectivity index (χ0) is 13.9. The molecule has 0 aliphatic heterocycles. The van der Waals surface area contributed by atoms with Crippen LogP contribution in [0.15, 0.2) is 23.3 Å². The second-order valence-electron chi connectivity index (χ2n) is 7.18. The lowest BCUT2D eigenvalue weighted by molar-refractivity contribution is 0.214. The van der Waals surface area contributed by atoms with E-state index in [0.717, 1.165) is 11.8 Å². The van der Waals surface area contributed by atoms with E-state index in [1.54, 1.807) is 11.1 Å². The zero-order valence-corrected chi connectivity index (χ0v) is 13.4. The third-order valence-electron chi connectivity index (χ3n) is 4.61. The molecular weight excluding hydrogens is 216 g/mol. The summed E-state index contributed by atoms with van der Waals surface area (Å²) >= 11 is 0. The van der Waals surface area contributed by atoms with Gasteiger partial charge in [0.15, 0.2) is 0 Å². The van der Waals surface area contributed by atoms with Gasteiger partial charge in [0.2, 0.25) is 0 Å². The molecule has 0 bridgehead atoms. The highest BCUT2D eigenvalue weighted by molar-refractivity contribution is 5.35. The van der Waals surface area contributed by atoms with E-state index in [2.05, 4.69) is 48.1 Å². The van der Waals surface area contributed by atoms with E-state index in [0.29, 0.717) is 5.41 Å². The van der Waals surface area contributed by atoms with Crippen molar-refractivity contribution in [1.82, 2.24) is 0 Å². The van der Waals surface area contributed by atoms with Crippen LogP contribution in [0.4, 0.5) is 0 Å². The van der Waals surface area contributed by atoms with Crippen molar-refractivity contribution >= 4 is 0 Å². The minimum absolute atomic E-state index is 0.520. The van der Waals surface area contributed by atoms with Gasteiger partial charge in [0.25, 0.3) is 0 Å². The Kier molecular flexibility index (Phi) is 5.25. The minimum Gasteiger partial charge on any atom is -0.0958 e. The lowest BCUT2D eigenvalue weighted by Gasteiger charge is -2.40. The molecule has 0 aromatic rings. The maximum Gasteiger partial charge on any atom is -0.0228 e. The van der Waals surface area contributed by atoms with Crippen molar-refractivity contribution in [3.8, 4) is 0 Å². The molecule has 18 heavy (non-hydrogen) atoms. The van der Waals surface area contributed by atoms with Crippen molar-refractivity contribution < 1.29 is 0 Å². The van der Waals surface area contributed by atoms with Crippen molar-refractivity contribution in [3.05, 3.63) is 23.3 Å². The van der Waals surface area contributed by atoms with Gasteiger partial charge in [-0.15, -0.1) is 0 Å². The lowest BCUT2D eigenvalue weighted by atomic mass is 9.66. The van der Waals surface area contributed by atoms with Crippen LogP contribution in [0, 0.1) is 17.3 Å². The minimum atomic E-state index is 0.520. The predicted octanol–water partition coefficient (Wildman–Crippen LogP) is 6.14. The molecule has 1 aliphatic carbocycles. The first kappa shape index (κ1) is 15.5. The first-order chi connectivity index (χ1) is 8.29. The highest BCUT2D eigenvalue weighted by atomic mass is 14.4. The van der Waals surface area contributed by atoms with Crippen LogP contribution < -0.4 is 0 Å². The van der Waals surface area contributed by atoms with Crippen molar-refractivity contribution in [2.75, 3.05) is 0 Å². The summed E-state index contributed by atoms with van der Waals surface area (Å²) in [5, 5.41) is 0. The number of rotatable bonds is 5. The summed E-state index contributed by atoms with van der Waals surface area (Å²) < 4.78 is 0. The largest absolute Gasteiger partial charge is 0.0958 e. The summed E-state index contributed by atoms with van der Waals surface area (Å²) in [5.74, 6) is 1.53. The molecule has 0 N–H and O–H groups in total. The summed E-state index contributed by atoms with van der Waals surface area (Å²) in [6.45, 7) is 18.3. The Balaban J connectivity index is 2.99. The van der Waals surface area contributed by atoms with Crippen LogP contribution in [0.3, 0.4) is 0 Å². The van der Waals surface area contributed by atoms with Crippen LogP contribution in [0.2, 0.25) is 0 Å². The van der Waals surface area contributed by atoms with Crippen LogP contribution >= 0.6 is 0 Å². The fraction of sp³-hybridized carbons (Fsp3) is 0.778. The van der Waals surface area contributed by atoms with Gasteiger partial charge in [-0.3, -0.25) is 0 Å². The van der Waals surface area contributed by atoms with Gasteiger partial charge >= 0.3 is 0 Å². The highest BCUT2D eigenvalue weighted by Crippen LogP contribution is 2.47. The molecule has 0 amide bonds. The van der Waals surface area contributed by atoms with E-state index < -0.39 is 0 Å². The molecule has 104 valence electrons. The van der Waals surface area contributed by atoms with E-state index in [1.165, 1.54) is 37.7 Å². The maximum atomic E-state index is 4.20. The van der Waals surface area contributed by atoms with Gasteiger partial charge in [-0.05, 0) is 61.9 Å². The molecule has 1 rings (SSSR count). The molecule has 0 nitrogen and oxygen atoms in total. The first-order valence-electron chi connectivity index (χ1n) is 7.67.